The number of alkyl halides is 3. The SMILES string of the molecule is CCCNCC(COC)N1CCCC(C(F)(F)F)C1. The number of hydrogen-bond acceptors (Lipinski definition) is 3. The van der Waals surface area contributed by atoms with Gasteiger partial charge in [-0.25, -0.2) is 0 Å². The topological polar surface area (TPSA) is 24.5 Å². The number of nitrogens with zero attached hydrogens (tertiary/aromatic N) is 1. The van der Waals surface area contributed by atoms with Gasteiger partial charge in [-0.2, -0.15) is 13.2 Å². The zero-order chi connectivity index (χ0) is 14.3. The minimum atomic E-state index is -4.08. The molecule has 0 amide bonds. The average Bonchev–Trinajstić information content (AvgIpc) is 2.37. The number of hydrogen-bond donors (Lipinski definition) is 1. The van der Waals surface area contributed by atoms with E-state index in [9.17, 15) is 13.2 Å². The van der Waals surface area contributed by atoms with Crippen molar-refractivity contribution >= 4 is 0 Å². The van der Waals surface area contributed by atoms with Gasteiger partial charge in [0, 0.05) is 26.2 Å². The van der Waals surface area contributed by atoms with Crippen molar-refractivity contribution in [1.29, 1.82) is 0 Å². The molecule has 0 radical (unpaired) electrons. The Labute approximate surface area is 113 Å². The molecular formula is C13H25F3N2O. The predicted molar refractivity (Wildman–Crippen MR) is 69.2 cm³/mol. The van der Waals surface area contributed by atoms with Crippen LogP contribution in [0.5, 0.6) is 0 Å². The van der Waals surface area contributed by atoms with Crippen LogP contribution < -0.4 is 5.32 Å². The molecule has 6 heteroatoms. The van der Waals surface area contributed by atoms with Gasteiger partial charge >= 0.3 is 6.18 Å². The maximum atomic E-state index is 12.8. The summed E-state index contributed by atoms with van der Waals surface area (Å²) in [6, 6.07) is 0.0294. The van der Waals surface area contributed by atoms with Gasteiger partial charge in [-0.1, -0.05) is 6.92 Å². The highest BCUT2D eigenvalue weighted by Crippen LogP contribution is 2.33. The van der Waals surface area contributed by atoms with E-state index in [4.69, 9.17) is 4.74 Å². The third kappa shape index (κ3) is 5.67. The highest BCUT2D eigenvalue weighted by Gasteiger charge is 2.42. The molecule has 2 atom stereocenters. The molecule has 1 aliphatic heterocycles. The lowest BCUT2D eigenvalue weighted by molar-refractivity contribution is -0.189. The van der Waals surface area contributed by atoms with E-state index < -0.39 is 12.1 Å². The molecule has 1 aliphatic rings. The van der Waals surface area contributed by atoms with E-state index >= 15 is 0 Å². The van der Waals surface area contributed by atoms with Gasteiger partial charge in [-0.3, -0.25) is 4.90 Å². The molecule has 0 aromatic carbocycles. The Morgan fingerprint density at radius 1 is 1.42 bits per heavy atom. The Hall–Kier alpha value is -0.330. The van der Waals surface area contributed by atoms with Gasteiger partial charge in [-0.05, 0) is 32.4 Å². The molecule has 3 nitrogen and oxygen atoms in total. The molecule has 2 unspecified atom stereocenters. The molecule has 1 rings (SSSR count). The lowest BCUT2D eigenvalue weighted by Crippen LogP contribution is -2.51. The van der Waals surface area contributed by atoms with Crippen LogP contribution in [0.25, 0.3) is 0 Å². The molecule has 1 heterocycles. The standard InChI is InChI=1S/C13H25F3N2O/c1-3-6-17-8-12(10-19-2)18-7-4-5-11(9-18)13(14,15)16/h11-12,17H,3-10H2,1-2H3. The van der Waals surface area contributed by atoms with Crippen molar-refractivity contribution in [2.24, 2.45) is 5.92 Å². The first-order chi connectivity index (χ1) is 8.99. The molecule has 0 spiro atoms. The van der Waals surface area contributed by atoms with Crippen LogP contribution in [0.15, 0.2) is 0 Å². The molecular weight excluding hydrogens is 257 g/mol. The summed E-state index contributed by atoms with van der Waals surface area (Å²) in [4.78, 5) is 1.92. The second kappa shape index (κ2) is 8.07. The number of piperidine rings is 1. The highest BCUT2D eigenvalue weighted by molar-refractivity contribution is 4.83. The Morgan fingerprint density at radius 2 is 2.16 bits per heavy atom. The smallest absolute Gasteiger partial charge is 0.383 e. The minimum absolute atomic E-state index is 0.0294. The highest BCUT2D eigenvalue weighted by atomic mass is 19.4. The van der Waals surface area contributed by atoms with Crippen LogP contribution >= 0.6 is 0 Å². The number of nitrogens with one attached hydrogen (secondary N) is 1. The lowest BCUT2D eigenvalue weighted by Gasteiger charge is -2.38. The number of rotatable bonds is 7. The van der Waals surface area contributed by atoms with Crippen LogP contribution in [0, 0.1) is 5.92 Å². The van der Waals surface area contributed by atoms with Crippen LogP contribution in [0.3, 0.4) is 0 Å². The molecule has 1 fully saturated rings. The van der Waals surface area contributed by atoms with Crippen LogP contribution in [-0.4, -0.2) is 57.0 Å². The van der Waals surface area contributed by atoms with Gasteiger partial charge in [-0.15, -0.1) is 0 Å². The van der Waals surface area contributed by atoms with Gasteiger partial charge < -0.3 is 10.1 Å². The van der Waals surface area contributed by atoms with Crippen molar-refractivity contribution in [2.45, 2.75) is 38.4 Å². The zero-order valence-corrected chi connectivity index (χ0v) is 11.8. The summed E-state index contributed by atoms with van der Waals surface area (Å²) in [5, 5.41) is 3.27. The second-order valence-electron chi connectivity index (χ2n) is 5.19. The van der Waals surface area contributed by atoms with E-state index in [1.54, 1.807) is 7.11 Å². The fourth-order valence-corrected chi connectivity index (χ4v) is 2.54. The summed E-state index contributed by atoms with van der Waals surface area (Å²) in [6.45, 7) is 4.95. The fraction of sp³-hybridized carbons (Fsp3) is 1.00. The van der Waals surface area contributed by atoms with Crippen molar-refractivity contribution in [3.05, 3.63) is 0 Å². The molecule has 1 N–H and O–H groups in total. The first-order valence-corrected chi connectivity index (χ1v) is 6.99. The molecule has 19 heavy (non-hydrogen) atoms. The minimum Gasteiger partial charge on any atom is -0.383 e. The van der Waals surface area contributed by atoms with E-state index in [1.807, 2.05) is 4.90 Å². The molecule has 0 aliphatic carbocycles. The first kappa shape index (κ1) is 16.7. The van der Waals surface area contributed by atoms with E-state index in [-0.39, 0.29) is 19.0 Å². The summed E-state index contributed by atoms with van der Waals surface area (Å²) >= 11 is 0. The van der Waals surface area contributed by atoms with Gasteiger partial charge in [0.05, 0.1) is 12.5 Å². The van der Waals surface area contributed by atoms with E-state index in [2.05, 4.69) is 12.2 Å². The molecule has 0 aromatic rings. The number of halogens is 3. The molecule has 0 saturated carbocycles. The van der Waals surface area contributed by atoms with Crippen LogP contribution in [0.4, 0.5) is 13.2 Å². The Balaban J connectivity index is 2.52. The fourth-order valence-electron chi connectivity index (χ4n) is 2.54. The van der Waals surface area contributed by atoms with Crippen molar-refractivity contribution in [1.82, 2.24) is 10.2 Å². The first-order valence-electron chi connectivity index (χ1n) is 6.99. The maximum Gasteiger partial charge on any atom is 0.393 e. The summed E-state index contributed by atoms with van der Waals surface area (Å²) < 4.78 is 43.5. The second-order valence-corrected chi connectivity index (χ2v) is 5.19. The van der Waals surface area contributed by atoms with Gasteiger partial charge in [0.15, 0.2) is 0 Å². The van der Waals surface area contributed by atoms with Crippen molar-refractivity contribution in [3.8, 4) is 0 Å². The summed E-state index contributed by atoms with van der Waals surface area (Å²) in [7, 11) is 1.60. The van der Waals surface area contributed by atoms with Crippen molar-refractivity contribution in [3.63, 3.8) is 0 Å². The number of methoxy groups -OCH3 is 1. The summed E-state index contributed by atoms with van der Waals surface area (Å²) in [5.74, 6) is -1.19. The lowest BCUT2D eigenvalue weighted by atomic mass is 9.96. The Kier molecular flexibility index (Phi) is 7.10. The monoisotopic (exact) mass is 282 g/mol. The van der Waals surface area contributed by atoms with Crippen LogP contribution in [0.2, 0.25) is 0 Å². The van der Waals surface area contributed by atoms with Crippen LogP contribution in [0.1, 0.15) is 26.2 Å². The van der Waals surface area contributed by atoms with Gasteiger partial charge in [0.1, 0.15) is 0 Å². The maximum absolute atomic E-state index is 12.8. The average molecular weight is 282 g/mol. The largest absolute Gasteiger partial charge is 0.393 e. The van der Waals surface area contributed by atoms with Gasteiger partial charge in [0.2, 0.25) is 0 Å². The number of ether oxygens (including phenoxy) is 1. The van der Waals surface area contributed by atoms with Crippen molar-refractivity contribution < 1.29 is 17.9 Å². The van der Waals surface area contributed by atoms with E-state index in [0.717, 1.165) is 19.5 Å². The number of likely N-dealkylation sites (tertiary alicyclic amines) is 1. The molecule has 1 saturated heterocycles. The third-order valence-electron chi connectivity index (χ3n) is 3.60. The Bertz CT molecular complexity index is 249. The summed E-state index contributed by atoms with van der Waals surface area (Å²) in [6.07, 6.45) is -2.20. The Morgan fingerprint density at radius 3 is 2.74 bits per heavy atom. The van der Waals surface area contributed by atoms with Gasteiger partial charge in [0.25, 0.3) is 0 Å². The van der Waals surface area contributed by atoms with E-state index in [1.165, 1.54) is 0 Å². The molecule has 0 aromatic heterocycles. The molecule has 0 bridgehead atoms. The third-order valence-corrected chi connectivity index (χ3v) is 3.60. The molecule has 114 valence electrons. The zero-order valence-electron chi connectivity index (χ0n) is 11.8. The van der Waals surface area contributed by atoms with Crippen LogP contribution in [-0.2, 0) is 4.74 Å². The predicted octanol–water partition coefficient (Wildman–Crippen LogP) is 2.28. The van der Waals surface area contributed by atoms with E-state index in [0.29, 0.717) is 19.6 Å². The quantitative estimate of drug-likeness (QED) is 0.725. The summed E-state index contributed by atoms with van der Waals surface area (Å²) in [5.41, 5.74) is 0. The normalized spacial score (nSPS) is 23.5. The van der Waals surface area contributed by atoms with Crippen molar-refractivity contribution in [2.75, 3.05) is 39.9 Å².